The van der Waals surface area contributed by atoms with E-state index in [1.54, 1.807) is 37.3 Å². The second-order valence-corrected chi connectivity index (χ2v) is 9.98. The Kier molecular flexibility index (Phi) is 6.61. The van der Waals surface area contributed by atoms with Crippen LogP contribution in [0.25, 0.3) is 11.8 Å². The second-order valence-electron chi connectivity index (χ2n) is 8.98. The molecule has 3 aromatic carbocycles. The number of benzene rings is 3. The molecule has 1 N–H and O–H groups in total. The molecule has 6 rings (SSSR count). The number of rotatable bonds is 6. The Morgan fingerprint density at radius 1 is 1.12 bits per heavy atom. The van der Waals surface area contributed by atoms with E-state index in [2.05, 4.69) is 0 Å². The van der Waals surface area contributed by atoms with Gasteiger partial charge >= 0.3 is 5.97 Å². The summed E-state index contributed by atoms with van der Waals surface area (Å²) in [7, 11) is 1.46. The zero-order valence-electron chi connectivity index (χ0n) is 21.6. The summed E-state index contributed by atoms with van der Waals surface area (Å²) in [4.78, 5) is 32.8. The molecule has 2 aliphatic rings. The number of ether oxygens (including phenoxy) is 4. The lowest BCUT2D eigenvalue weighted by Gasteiger charge is -2.26. The maximum Gasteiger partial charge on any atom is 0.338 e. The average molecular weight is 557 g/mol. The molecule has 40 heavy (non-hydrogen) atoms. The molecule has 0 amide bonds. The molecule has 0 radical (unpaired) electrons. The fraction of sp³-hybridized carbons (Fsp3) is 0.167. The first-order valence-corrected chi connectivity index (χ1v) is 13.3. The average Bonchev–Trinajstić information content (AvgIpc) is 3.57. The van der Waals surface area contributed by atoms with Crippen LogP contribution in [-0.2, 0) is 9.53 Å². The minimum Gasteiger partial charge on any atom is -0.504 e. The van der Waals surface area contributed by atoms with Gasteiger partial charge in [0, 0.05) is 5.56 Å². The predicted molar refractivity (Wildman–Crippen MR) is 148 cm³/mol. The number of hydrogen-bond donors (Lipinski definition) is 1. The standard InChI is InChI=1S/C30H24N2O7S/c1-3-37-29(35)25-26(18-7-5-4-6-8-18)31-30-32(27(25)19-10-12-21-23(15-19)39-16-38-21)28(34)24(40-30)14-17-9-11-20(33)22(13-17)36-2/h4-15,27,33H,3,16H2,1-2H3. The number of thiazole rings is 1. The summed E-state index contributed by atoms with van der Waals surface area (Å²) in [5.41, 5.74) is 2.38. The fourth-order valence-electron chi connectivity index (χ4n) is 4.77. The van der Waals surface area contributed by atoms with Crippen molar-refractivity contribution in [3.8, 4) is 23.0 Å². The molecule has 2 aliphatic heterocycles. The number of methoxy groups -OCH3 is 1. The number of hydrogen-bond acceptors (Lipinski definition) is 9. The zero-order valence-corrected chi connectivity index (χ0v) is 22.4. The van der Waals surface area contributed by atoms with Crippen LogP contribution in [0.2, 0.25) is 0 Å². The van der Waals surface area contributed by atoms with Gasteiger partial charge in [-0.25, -0.2) is 9.79 Å². The first-order valence-electron chi connectivity index (χ1n) is 12.5. The van der Waals surface area contributed by atoms with Crippen molar-refractivity contribution in [2.75, 3.05) is 20.5 Å². The van der Waals surface area contributed by atoms with E-state index in [4.69, 9.17) is 23.9 Å². The quantitative estimate of drug-likeness (QED) is 0.363. The fourth-order valence-corrected chi connectivity index (χ4v) is 5.78. The third-order valence-electron chi connectivity index (χ3n) is 6.59. The largest absolute Gasteiger partial charge is 0.504 e. The lowest BCUT2D eigenvalue weighted by molar-refractivity contribution is -0.138. The Morgan fingerprint density at radius 2 is 1.93 bits per heavy atom. The second kappa shape index (κ2) is 10.4. The van der Waals surface area contributed by atoms with Crippen molar-refractivity contribution >= 4 is 29.1 Å². The van der Waals surface area contributed by atoms with Crippen molar-refractivity contribution in [2.45, 2.75) is 13.0 Å². The van der Waals surface area contributed by atoms with Crippen molar-refractivity contribution in [1.82, 2.24) is 4.57 Å². The van der Waals surface area contributed by atoms with Crippen LogP contribution in [0.4, 0.5) is 0 Å². The first kappa shape index (κ1) is 25.4. The molecule has 0 bridgehead atoms. The molecule has 0 fully saturated rings. The van der Waals surface area contributed by atoms with Crippen LogP contribution < -0.4 is 29.1 Å². The maximum atomic E-state index is 14.0. The van der Waals surface area contributed by atoms with E-state index in [1.807, 2.05) is 36.4 Å². The third-order valence-corrected chi connectivity index (χ3v) is 7.57. The van der Waals surface area contributed by atoms with Crippen LogP contribution in [0.1, 0.15) is 29.7 Å². The number of esters is 1. The molecule has 0 saturated carbocycles. The molecule has 1 atom stereocenters. The van der Waals surface area contributed by atoms with Gasteiger partial charge in [-0.2, -0.15) is 0 Å². The maximum absolute atomic E-state index is 14.0. The normalized spacial score (nSPS) is 15.9. The van der Waals surface area contributed by atoms with E-state index in [-0.39, 0.29) is 36.0 Å². The van der Waals surface area contributed by atoms with Crippen molar-refractivity contribution in [2.24, 2.45) is 4.99 Å². The highest BCUT2D eigenvalue weighted by molar-refractivity contribution is 7.07. The molecule has 0 saturated heterocycles. The Balaban J connectivity index is 1.63. The first-order chi connectivity index (χ1) is 19.5. The smallest absolute Gasteiger partial charge is 0.338 e. The van der Waals surface area contributed by atoms with Crippen LogP contribution in [0.15, 0.2) is 82.1 Å². The van der Waals surface area contributed by atoms with E-state index in [9.17, 15) is 14.7 Å². The number of carbonyl (C=O) groups excluding carboxylic acids is 1. The summed E-state index contributed by atoms with van der Waals surface area (Å²) in [5.74, 6) is 0.830. The van der Waals surface area contributed by atoms with Crippen LogP contribution in [0.5, 0.6) is 23.0 Å². The van der Waals surface area contributed by atoms with Gasteiger partial charge in [-0.15, -0.1) is 0 Å². The number of aromatic nitrogens is 1. The molecule has 9 nitrogen and oxygen atoms in total. The molecule has 10 heteroatoms. The molecule has 0 spiro atoms. The molecule has 4 aromatic rings. The van der Waals surface area contributed by atoms with E-state index in [1.165, 1.54) is 29.1 Å². The van der Waals surface area contributed by atoms with Crippen LogP contribution >= 0.6 is 11.3 Å². The molecule has 1 unspecified atom stereocenters. The Bertz CT molecular complexity index is 1840. The van der Waals surface area contributed by atoms with E-state index >= 15 is 0 Å². The summed E-state index contributed by atoms with van der Waals surface area (Å²) in [6.45, 7) is 1.98. The topological polar surface area (TPSA) is 109 Å². The Hall–Kier alpha value is -4.83. The van der Waals surface area contributed by atoms with Gasteiger partial charge in [-0.3, -0.25) is 9.36 Å². The third kappa shape index (κ3) is 4.42. The van der Waals surface area contributed by atoms with Gasteiger partial charge in [-0.05, 0) is 48.4 Å². The van der Waals surface area contributed by atoms with E-state index in [0.717, 1.165) is 5.56 Å². The van der Waals surface area contributed by atoms with Gasteiger partial charge in [0.25, 0.3) is 5.56 Å². The van der Waals surface area contributed by atoms with Crippen LogP contribution in [0, 0.1) is 0 Å². The van der Waals surface area contributed by atoms with Crippen molar-refractivity contribution in [3.05, 3.63) is 109 Å². The summed E-state index contributed by atoms with van der Waals surface area (Å²) < 4.78 is 23.8. The van der Waals surface area contributed by atoms with Gasteiger partial charge in [0.2, 0.25) is 6.79 Å². The molecule has 202 valence electrons. The predicted octanol–water partition coefficient (Wildman–Crippen LogP) is 3.38. The van der Waals surface area contributed by atoms with Crippen molar-refractivity contribution in [1.29, 1.82) is 0 Å². The monoisotopic (exact) mass is 556 g/mol. The van der Waals surface area contributed by atoms with Crippen molar-refractivity contribution < 1.29 is 28.8 Å². The minimum atomic E-state index is -0.837. The Labute approximate surface area is 232 Å². The van der Waals surface area contributed by atoms with Crippen LogP contribution in [-0.4, -0.2) is 36.2 Å². The molecule has 3 heterocycles. The Morgan fingerprint density at radius 3 is 2.70 bits per heavy atom. The molecular formula is C30H24N2O7S. The SMILES string of the molecule is CCOC(=O)C1=C(c2ccccc2)N=c2sc(=Cc3ccc(O)c(OC)c3)c(=O)n2C1c1ccc2c(c1)OCO2. The van der Waals surface area contributed by atoms with E-state index < -0.39 is 12.0 Å². The highest BCUT2D eigenvalue weighted by atomic mass is 32.1. The van der Waals surface area contributed by atoms with E-state index in [0.29, 0.717) is 37.7 Å². The van der Waals surface area contributed by atoms with Gasteiger partial charge in [0.05, 0.1) is 35.6 Å². The summed E-state index contributed by atoms with van der Waals surface area (Å²) in [5, 5.41) is 9.99. The number of carbonyl (C=O) groups is 1. The minimum absolute atomic E-state index is 0.00417. The lowest BCUT2D eigenvalue weighted by Crippen LogP contribution is -2.40. The number of nitrogens with zero attached hydrogens (tertiary/aromatic N) is 2. The number of fused-ring (bicyclic) bond motifs is 2. The van der Waals surface area contributed by atoms with Gasteiger partial charge in [0.1, 0.15) is 0 Å². The summed E-state index contributed by atoms with van der Waals surface area (Å²) in [6, 6.07) is 18.7. The molecule has 0 aliphatic carbocycles. The number of phenols is 1. The molecular weight excluding hydrogens is 532 g/mol. The van der Waals surface area contributed by atoms with Crippen LogP contribution in [0.3, 0.4) is 0 Å². The van der Waals surface area contributed by atoms with Gasteiger partial charge in [-0.1, -0.05) is 53.8 Å². The molecule has 1 aromatic heterocycles. The highest BCUT2D eigenvalue weighted by Gasteiger charge is 2.36. The van der Waals surface area contributed by atoms with Gasteiger partial charge in [0.15, 0.2) is 27.8 Å². The summed E-state index contributed by atoms with van der Waals surface area (Å²) >= 11 is 1.21. The number of aromatic hydroxyl groups is 1. The number of phenolic OH excluding ortho intramolecular Hbond substituents is 1. The lowest BCUT2D eigenvalue weighted by atomic mass is 9.93. The highest BCUT2D eigenvalue weighted by Crippen LogP contribution is 2.40. The summed E-state index contributed by atoms with van der Waals surface area (Å²) in [6.07, 6.45) is 1.71. The van der Waals surface area contributed by atoms with Crippen molar-refractivity contribution in [3.63, 3.8) is 0 Å². The van der Waals surface area contributed by atoms with Gasteiger partial charge < -0.3 is 24.1 Å². The zero-order chi connectivity index (χ0) is 27.8.